The average Bonchev–Trinajstić information content (AvgIpc) is 3.30. The van der Waals surface area contributed by atoms with E-state index in [2.05, 4.69) is 10.3 Å². The zero-order valence-electron chi connectivity index (χ0n) is 14.5. The van der Waals surface area contributed by atoms with Gasteiger partial charge in [0.2, 0.25) is 5.95 Å². The Hall–Kier alpha value is -3.02. The smallest absolute Gasteiger partial charge is 0.324 e. The summed E-state index contributed by atoms with van der Waals surface area (Å²) < 4.78 is 7.47. The molecule has 1 N–H and O–H groups in total. The number of hydrogen-bond donors (Lipinski definition) is 1. The van der Waals surface area contributed by atoms with Crippen molar-refractivity contribution in [3.8, 4) is 5.69 Å². The number of anilines is 1. The molecule has 2 aromatic heterocycles. The molecule has 0 bridgehead atoms. The predicted molar refractivity (Wildman–Crippen MR) is 99.2 cm³/mol. The number of furan rings is 1. The van der Waals surface area contributed by atoms with E-state index in [0.29, 0.717) is 12.5 Å². The number of aromatic nitrogens is 2. The number of hydrogen-bond acceptors (Lipinski definition) is 3. The van der Waals surface area contributed by atoms with Crippen molar-refractivity contribution < 1.29 is 9.21 Å². The molecule has 6 nitrogen and oxygen atoms in total. The summed E-state index contributed by atoms with van der Waals surface area (Å²) in [5.74, 6) is 1.36. The Bertz CT molecular complexity index is 842. The van der Waals surface area contributed by atoms with Crippen molar-refractivity contribution in [1.82, 2.24) is 14.5 Å². The number of rotatable bonds is 3. The number of para-hydroxylation sites is 1. The maximum atomic E-state index is 13.0. The molecule has 0 spiro atoms. The van der Waals surface area contributed by atoms with Crippen LogP contribution in [0.25, 0.3) is 5.69 Å². The summed E-state index contributed by atoms with van der Waals surface area (Å²) in [6.45, 7) is 0.712. The van der Waals surface area contributed by atoms with Crippen molar-refractivity contribution in [1.29, 1.82) is 0 Å². The van der Waals surface area contributed by atoms with Crippen LogP contribution in [0.2, 0.25) is 0 Å². The van der Waals surface area contributed by atoms with Crippen molar-refractivity contribution in [3.05, 3.63) is 66.9 Å². The van der Waals surface area contributed by atoms with Gasteiger partial charge in [0.25, 0.3) is 0 Å². The van der Waals surface area contributed by atoms with Crippen LogP contribution in [0.15, 0.2) is 65.5 Å². The van der Waals surface area contributed by atoms with Gasteiger partial charge in [-0.2, -0.15) is 0 Å². The summed E-state index contributed by atoms with van der Waals surface area (Å²) >= 11 is 0. The predicted octanol–water partition coefficient (Wildman–Crippen LogP) is 4.61. The fourth-order valence-electron chi connectivity index (χ4n) is 3.49. The molecule has 0 radical (unpaired) electrons. The average molecular weight is 350 g/mol. The number of imidazole rings is 1. The molecule has 26 heavy (non-hydrogen) atoms. The Kier molecular flexibility index (Phi) is 4.73. The first-order valence-corrected chi connectivity index (χ1v) is 9.03. The van der Waals surface area contributed by atoms with Gasteiger partial charge < -0.3 is 9.32 Å². The van der Waals surface area contributed by atoms with Crippen LogP contribution in [-0.4, -0.2) is 27.0 Å². The molecule has 1 aromatic carbocycles. The monoisotopic (exact) mass is 350 g/mol. The molecule has 3 heterocycles. The second-order valence-electron chi connectivity index (χ2n) is 6.46. The molecule has 1 atom stereocenters. The third kappa shape index (κ3) is 3.35. The number of carbonyl (C=O) groups is 1. The molecule has 2 amide bonds. The molecule has 1 aliphatic heterocycles. The lowest BCUT2D eigenvalue weighted by atomic mass is 10.1. The number of benzene rings is 1. The summed E-state index contributed by atoms with van der Waals surface area (Å²) in [5.41, 5.74) is 0.957. The van der Waals surface area contributed by atoms with E-state index in [1.54, 1.807) is 12.5 Å². The van der Waals surface area contributed by atoms with Gasteiger partial charge in [0.15, 0.2) is 0 Å². The lowest BCUT2D eigenvalue weighted by Crippen LogP contribution is -2.38. The minimum absolute atomic E-state index is 0.0346. The summed E-state index contributed by atoms with van der Waals surface area (Å²) in [4.78, 5) is 19.2. The van der Waals surface area contributed by atoms with Crippen molar-refractivity contribution in [2.75, 3.05) is 11.9 Å². The molecule has 1 aliphatic rings. The third-order valence-electron chi connectivity index (χ3n) is 4.78. The van der Waals surface area contributed by atoms with Crippen molar-refractivity contribution in [3.63, 3.8) is 0 Å². The van der Waals surface area contributed by atoms with Crippen LogP contribution in [0.3, 0.4) is 0 Å². The lowest BCUT2D eigenvalue weighted by molar-refractivity contribution is 0.179. The molecule has 134 valence electrons. The fraction of sp³-hybridized carbons (Fsp3) is 0.300. The van der Waals surface area contributed by atoms with E-state index < -0.39 is 0 Å². The Labute approximate surface area is 152 Å². The van der Waals surface area contributed by atoms with Crippen LogP contribution < -0.4 is 5.32 Å². The van der Waals surface area contributed by atoms with Gasteiger partial charge in [0.05, 0.1) is 12.3 Å². The van der Waals surface area contributed by atoms with Gasteiger partial charge in [-0.25, -0.2) is 9.78 Å². The van der Waals surface area contributed by atoms with Gasteiger partial charge in [0.1, 0.15) is 5.76 Å². The Balaban J connectivity index is 1.56. The van der Waals surface area contributed by atoms with E-state index in [0.717, 1.165) is 37.1 Å². The van der Waals surface area contributed by atoms with E-state index in [9.17, 15) is 4.79 Å². The topological polar surface area (TPSA) is 63.3 Å². The lowest BCUT2D eigenvalue weighted by Gasteiger charge is -2.28. The minimum atomic E-state index is -0.142. The third-order valence-corrected chi connectivity index (χ3v) is 4.78. The first-order chi connectivity index (χ1) is 12.8. The molecule has 0 unspecified atom stereocenters. The highest BCUT2D eigenvalue weighted by Gasteiger charge is 2.29. The largest absolute Gasteiger partial charge is 0.467 e. The van der Waals surface area contributed by atoms with E-state index in [1.165, 1.54) is 0 Å². The zero-order chi connectivity index (χ0) is 17.8. The Morgan fingerprint density at radius 2 is 2.00 bits per heavy atom. The molecule has 3 aromatic rings. The molecule has 1 fully saturated rings. The normalized spacial score (nSPS) is 17.7. The number of amides is 2. The van der Waals surface area contributed by atoms with E-state index in [1.807, 2.05) is 58.1 Å². The number of carbonyl (C=O) groups excluding carboxylic acids is 1. The summed E-state index contributed by atoms with van der Waals surface area (Å²) in [6.07, 6.45) is 9.32. The second kappa shape index (κ2) is 7.47. The SMILES string of the molecule is O=C(Nc1nccn1-c1ccccc1)N1CCCCC[C@H]1c1ccco1. The quantitative estimate of drug-likeness (QED) is 0.750. The maximum Gasteiger partial charge on any atom is 0.324 e. The van der Waals surface area contributed by atoms with Gasteiger partial charge in [-0.05, 0) is 37.1 Å². The molecule has 0 saturated carbocycles. The Morgan fingerprint density at radius 3 is 2.81 bits per heavy atom. The molecular weight excluding hydrogens is 328 g/mol. The number of likely N-dealkylation sites (tertiary alicyclic amines) is 1. The van der Waals surface area contributed by atoms with Crippen LogP contribution in [0.1, 0.15) is 37.5 Å². The number of nitrogens with one attached hydrogen (secondary N) is 1. The highest BCUT2D eigenvalue weighted by atomic mass is 16.3. The first kappa shape index (κ1) is 16.4. The standard InChI is InChI=1S/C20H22N4O2/c25-20(22-19-21-12-14-23(19)16-8-3-1-4-9-16)24-13-6-2-5-10-17(24)18-11-7-15-26-18/h1,3-4,7-9,11-12,14-15,17H,2,5-6,10,13H2,(H,21,22,25)/t17-/m0/s1. The second-order valence-corrected chi connectivity index (χ2v) is 6.46. The molecule has 0 aliphatic carbocycles. The molecule has 6 heteroatoms. The van der Waals surface area contributed by atoms with Gasteiger partial charge in [-0.15, -0.1) is 0 Å². The van der Waals surface area contributed by atoms with Gasteiger partial charge in [0, 0.05) is 24.6 Å². The van der Waals surface area contributed by atoms with Crippen LogP contribution in [0.5, 0.6) is 0 Å². The van der Waals surface area contributed by atoms with Crippen LogP contribution in [0, 0.1) is 0 Å². The minimum Gasteiger partial charge on any atom is -0.467 e. The van der Waals surface area contributed by atoms with E-state index in [-0.39, 0.29) is 12.1 Å². The van der Waals surface area contributed by atoms with Gasteiger partial charge >= 0.3 is 6.03 Å². The fourth-order valence-corrected chi connectivity index (χ4v) is 3.49. The highest BCUT2D eigenvalue weighted by molar-refractivity contribution is 5.88. The zero-order valence-corrected chi connectivity index (χ0v) is 14.5. The van der Waals surface area contributed by atoms with Gasteiger partial charge in [-0.1, -0.05) is 31.0 Å². The van der Waals surface area contributed by atoms with E-state index >= 15 is 0 Å². The van der Waals surface area contributed by atoms with Crippen LogP contribution in [-0.2, 0) is 0 Å². The van der Waals surface area contributed by atoms with Crippen molar-refractivity contribution >= 4 is 12.0 Å². The number of nitrogens with zero attached hydrogens (tertiary/aromatic N) is 3. The van der Waals surface area contributed by atoms with Crippen molar-refractivity contribution in [2.45, 2.75) is 31.7 Å². The molecular formula is C20H22N4O2. The summed E-state index contributed by atoms with van der Waals surface area (Å²) in [5, 5.41) is 2.98. The van der Waals surface area contributed by atoms with Gasteiger partial charge in [-0.3, -0.25) is 9.88 Å². The molecule has 1 saturated heterocycles. The van der Waals surface area contributed by atoms with E-state index in [4.69, 9.17) is 4.42 Å². The van der Waals surface area contributed by atoms with Crippen LogP contribution in [0.4, 0.5) is 10.7 Å². The highest BCUT2D eigenvalue weighted by Crippen LogP contribution is 2.31. The van der Waals surface area contributed by atoms with Crippen molar-refractivity contribution in [2.24, 2.45) is 0 Å². The number of urea groups is 1. The summed E-state index contributed by atoms with van der Waals surface area (Å²) in [7, 11) is 0. The Morgan fingerprint density at radius 1 is 1.12 bits per heavy atom. The first-order valence-electron chi connectivity index (χ1n) is 9.03. The summed E-state index contributed by atoms with van der Waals surface area (Å²) in [6, 6.07) is 13.5. The van der Waals surface area contributed by atoms with Crippen LogP contribution >= 0.6 is 0 Å². The maximum absolute atomic E-state index is 13.0. The molecule has 4 rings (SSSR count).